The second kappa shape index (κ2) is 4.11. The molecule has 0 aromatic carbocycles. The minimum absolute atomic E-state index is 0.331. The lowest BCUT2D eigenvalue weighted by Crippen LogP contribution is -2.24. The minimum atomic E-state index is 0.331. The van der Waals surface area contributed by atoms with Gasteiger partial charge in [0.2, 0.25) is 0 Å². The van der Waals surface area contributed by atoms with Gasteiger partial charge in [-0.25, -0.2) is 0 Å². The molecule has 3 heteroatoms. The molecule has 2 rings (SSSR count). The summed E-state index contributed by atoms with van der Waals surface area (Å²) in [6.45, 7) is 0.972. The first kappa shape index (κ1) is 9.03. The normalized spacial score (nSPS) is 21.0. The Balaban J connectivity index is 2.03. The molecule has 68 valence electrons. The average Bonchev–Trinajstić information content (AvgIpc) is 2.61. The van der Waals surface area contributed by atoms with Gasteiger partial charge in [0.05, 0.1) is 0 Å². The summed E-state index contributed by atoms with van der Waals surface area (Å²) in [5, 5.41) is 4.30. The molecule has 1 aromatic rings. The number of hydrogen-bond acceptors (Lipinski definition) is 2. The van der Waals surface area contributed by atoms with Crippen LogP contribution >= 0.6 is 27.3 Å². The van der Waals surface area contributed by atoms with Gasteiger partial charge in [-0.05, 0) is 28.5 Å². The van der Waals surface area contributed by atoms with Crippen molar-refractivity contribution in [1.82, 2.24) is 4.90 Å². The van der Waals surface area contributed by atoms with Crippen LogP contribution in [0.15, 0.2) is 41.3 Å². The Morgan fingerprint density at radius 1 is 1.46 bits per heavy atom. The highest BCUT2D eigenvalue weighted by Gasteiger charge is 2.10. The summed E-state index contributed by atoms with van der Waals surface area (Å²) in [4.78, 5) is 2.58. The van der Waals surface area contributed by atoms with Crippen LogP contribution in [0.1, 0.15) is 5.56 Å². The summed E-state index contributed by atoms with van der Waals surface area (Å²) in [5.74, 6) is 0. The first-order valence-electron chi connectivity index (χ1n) is 4.12. The van der Waals surface area contributed by atoms with Crippen LogP contribution in [0.3, 0.4) is 0 Å². The van der Waals surface area contributed by atoms with Gasteiger partial charge in [0, 0.05) is 12.7 Å². The van der Waals surface area contributed by atoms with E-state index in [4.69, 9.17) is 0 Å². The molecule has 2 heterocycles. The van der Waals surface area contributed by atoms with Crippen LogP contribution in [-0.2, 0) is 6.54 Å². The average molecular weight is 256 g/mol. The number of thiophene rings is 1. The first-order valence-corrected chi connectivity index (χ1v) is 5.98. The van der Waals surface area contributed by atoms with Crippen LogP contribution in [0.4, 0.5) is 0 Å². The zero-order valence-electron chi connectivity index (χ0n) is 7.06. The molecule has 0 saturated carbocycles. The van der Waals surface area contributed by atoms with Crippen molar-refractivity contribution in [2.75, 3.05) is 0 Å². The van der Waals surface area contributed by atoms with Gasteiger partial charge < -0.3 is 4.90 Å². The number of alkyl halides is 1. The molecular formula is C10H10BrNS. The summed E-state index contributed by atoms with van der Waals surface area (Å²) in [6.07, 6.45) is 8.36. The first-order chi connectivity index (χ1) is 6.36. The fraction of sp³-hybridized carbons (Fsp3) is 0.200. The second-order valence-corrected chi connectivity index (χ2v) is 4.62. The maximum atomic E-state index is 3.59. The van der Waals surface area contributed by atoms with E-state index in [0.717, 1.165) is 6.54 Å². The Hall–Kier alpha value is -0.540. The van der Waals surface area contributed by atoms with Crippen molar-refractivity contribution in [3.05, 3.63) is 46.8 Å². The highest BCUT2D eigenvalue weighted by molar-refractivity contribution is 9.09. The standard InChI is InChI=1S/C10H10BrNS/c11-10-3-1-2-5-12(10)7-9-4-6-13-8-9/h1-6,8,10H,7H2. The van der Waals surface area contributed by atoms with Crippen LogP contribution in [0.25, 0.3) is 0 Å². The van der Waals surface area contributed by atoms with Crippen molar-refractivity contribution in [2.24, 2.45) is 0 Å². The summed E-state index contributed by atoms with van der Waals surface area (Å²) < 4.78 is 0. The van der Waals surface area contributed by atoms with Crippen LogP contribution < -0.4 is 0 Å². The van der Waals surface area contributed by atoms with E-state index in [1.165, 1.54) is 5.56 Å². The smallest absolute Gasteiger partial charge is 0.103 e. The molecule has 1 aliphatic rings. The summed E-state index contributed by atoms with van der Waals surface area (Å²) in [5.41, 5.74) is 1.37. The van der Waals surface area contributed by atoms with Gasteiger partial charge in [0.1, 0.15) is 4.95 Å². The van der Waals surface area contributed by atoms with Crippen molar-refractivity contribution in [2.45, 2.75) is 11.5 Å². The minimum Gasteiger partial charge on any atom is -0.357 e. The number of hydrogen-bond donors (Lipinski definition) is 0. The monoisotopic (exact) mass is 255 g/mol. The van der Waals surface area contributed by atoms with E-state index in [9.17, 15) is 0 Å². The Kier molecular flexibility index (Phi) is 2.86. The maximum absolute atomic E-state index is 3.59. The zero-order chi connectivity index (χ0) is 9.10. The molecule has 1 nitrogen and oxygen atoms in total. The molecule has 0 aliphatic carbocycles. The van der Waals surface area contributed by atoms with Gasteiger partial charge in [-0.1, -0.05) is 28.1 Å². The Morgan fingerprint density at radius 3 is 3.08 bits per heavy atom. The molecule has 13 heavy (non-hydrogen) atoms. The summed E-state index contributed by atoms with van der Waals surface area (Å²) in [6, 6.07) is 2.16. The maximum Gasteiger partial charge on any atom is 0.103 e. The molecule has 0 fully saturated rings. The van der Waals surface area contributed by atoms with Crippen molar-refractivity contribution in [3.8, 4) is 0 Å². The van der Waals surface area contributed by atoms with E-state index in [1.807, 2.05) is 0 Å². The molecule has 0 radical (unpaired) electrons. The lowest BCUT2D eigenvalue weighted by atomic mass is 10.3. The predicted octanol–water partition coefficient (Wildman–Crippen LogP) is 3.35. The quantitative estimate of drug-likeness (QED) is 0.579. The molecule has 0 amide bonds. The van der Waals surface area contributed by atoms with Gasteiger partial charge >= 0.3 is 0 Å². The molecule has 1 aliphatic heterocycles. The highest BCUT2D eigenvalue weighted by Crippen LogP contribution is 2.18. The van der Waals surface area contributed by atoms with Gasteiger partial charge in [-0.3, -0.25) is 0 Å². The van der Waals surface area contributed by atoms with Crippen molar-refractivity contribution >= 4 is 27.3 Å². The van der Waals surface area contributed by atoms with E-state index in [1.54, 1.807) is 11.3 Å². The van der Waals surface area contributed by atoms with Crippen LogP contribution in [0.5, 0.6) is 0 Å². The molecule has 1 atom stereocenters. The van der Waals surface area contributed by atoms with E-state index >= 15 is 0 Å². The van der Waals surface area contributed by atoms with Crippen molar-refractivity contribution < 1.29 is 0 Å². The van der Waals surface area contributed by atoms with E-state index in [-0.39, 0.29) is 0 Å². The number of halogens is 1. The van der Waals surface area contributed by atoms with Gasteiger partial charge in [-0.2, -0.15) is 11.3 Å². The Bertz CT molecular complexity index is 316. The summed E-state index contributed by atoms with van der Waals surface area (Å²) in [7, 11) is 0. The lowest BCUT2D eigenvalue weighted by molar-refractivity contribution is 0.386. The van der Waals surface area contributed by atoms with Crippen LogP contribution in [0, 0.1) is 0 Å². The molecule has 1 unspecified atom stereocenters. The van der Waals surface area contributed by atoms with E-state index in [2.05, 4.69) is 62.1 Å². The zero-order valence-corrected chi connectivity index (χ0v) is 9.46. The Morgan fingerprint density at radius 2 is 2.38 bits per heavy atom. The largest absolute Gasteiger partial charge is 0.357 e. The van der Waals surface area contributed by atoms with Gasteiger partial charge in [-0.15, -0.1) is 0 Å². The van der Waals surface area contributed by atoms with Crippen molar-refractivity contribution in [3.63, 3.8) is 0 Å². The number of nitrogens with zero attached hydrogens (tertiary/aromatic N) is 1. The SMILES string of the molecule is BrC1C=CC=CN1Cc1ccsc1. The third kappa shape index (κ3) is 2.23. The van der Waals surface area contributed by atoms with Gasteiger partial charge in [0.15, 0.2) is 0 Å². The molecule has 0 bridgehead atoms. The Labute approximate surface area is 90.5 Å². The molecule has 0 N–H and O–H groups in total. The van der Waals surface area contributed by atoms with Gasteiger partial charge in [0.25, 0.3) is 0 Å². The van der Waals surface area contributed by atoms with Crippen LogP contribution in [0.2, 0.25) is 0 Å². The topological polar surface area (TPSA) is 3.24 Å². The van der Waals surface area contributed by atoms with E-state index in [0.29, 0.717) is 4.95 Å². The summed E-state index contributed by atoms with van der Waals surface area (Å²) >= 11 is 5.34. The fourth-order valence-corrected chi connectivity index (χ4v) is 2.36. The fourth-order valence-electron chi connectivity index (χ4n) is 1.24. The third-order valence-corrected chi connectivity index (χ3v) is 3.48. The molecule has 0 spiro atoms. The third-order valence-electron chi connectivity index (χ3n) is 1.92. The lowest BCUT2D eigenvalue weighted by Gasteiger charge is -2.25. The number of rotatable bonds is 2. The number of allylic oxidation sites excluding steroid dienone is 2. The molecule has 1 aromatic heterocycles. The molecule has 0 saturated heterocycles. The van der Waals surface area contributed by atoms with E-state index < -0.39 is 0 Å². The van der Waals surface area contributed by atoms with Crippen molar-refractivity contribution in [1.29, 1.82) is 0 Å². The molecular weight excluding hydrogens is 246 g/mol. The second-order valence-electron chi connectivity index (χ2n) is 2.90. The predicted molar refractivity (Wildman–Crippen MR) is 60.9 cm³/mol. The highest BCUT2D eigenvalue weighted by atomic mass is 79.9. The van der Waals surface area contributed by atoms with Crippen LogP contribution in [-0.4, -0.2) is 9.85 Å².